The van der Waals surface area contributed by atoms with E-state index < -0.39 is 22.0 Å². The number of carbonyl (C=O) groups excluding carboxylic acids is 1. The number of carbonyl (C=O) groups is 1. The van der Waals surface area contributed by atoms with Gasteiger partial charge in [-0.1, -0.05) is 41.2 Å². The first-order valence-corrected chi connectivity index (χ1v) is 11.4. The fraction of sp³-hybridized carbons (Fsp3) is 0.300. The maximum atomic E-state index is 13.1. The summed E-state index contributed by atoms with van der Waals surface area (Å²) in [6, 6.07) is 13.8. The van der Waals surface area contributed by atoms with E-state index in [-0.39, 0.29) is 4.90 Å². The Bertz CT molecular complexity index is 1210. The van der Waals surface area contributed by atoms with E-state index in [4.69, 9.17) is 0 Å². The van der Waals surface area contributed by atoms with Gasteiger partial charge in [-0.15, -0.1) is 0 Å². The summed E-state index contributed by atoms with van der Waals surface area (Å²) in [5, 5.41) is 0. The third-order valence-electron chi connectivity index (χ3n) is 5.04. The first kappa shape index (κ1) is 19.0. The van der Waals surface area contributed by atoms with Crippen LogP contribution in [0.4, 0.5) is 0 Å². The summed E-state index contributed by atoms with van der Waals surface area (Å²) in [6.07, 6.45) is 1.14. The average molecular weight is 416 g/mol. The fourth-order valence-corrected chi connectivity index (χ4v) is 6.15. The van der Waals surface area contributed by atoms with Crippen molar-refractivity contribution in [2.24, 2.45) is 12.0 Å². The molecule has 2 heterocycles. The number of amides is 1. The smallest absolute Gasteiger partial charge is 0.266 e. The zero-order chi connectivity index (χ0) is 19.9. The van der Waals surface area contributed by atoms with Gasteiger partial charge in [0.05, 0.1) is 15.1 Å². The highest BCUT2D eigenvalue weighted by Crippen LogP contribution is 2.27. The highest BCUT2D eigenvalue weighted by Gasteiger charge is 2.39. The van der Waals surface area contributed by atoms with Gasteiger partial charge in [0.25, 0.3) is 5.91 Å². The van der Waals surface area contributed by atoms with Gasteiger partial charge in [0.2, 0.25) is 10.0 Å². The number of fused-ring (bicyclic) bond motifs is 1. The molecule has 0 aliphatic carbocycles. The zero-order valence-electron chi connectivity index (χ0n) is 15.7. The molecule has 1 saturated heterocycles. The zero-order valence-corrected chi connectivity index (χ0v) is 17.3. The monoisotopic (exact) mass is 415 g/mol. The minimum absolute atomic E-state index is 0.213. The highest BCUT2D eigenvalue weighted by atomic mass is 32.2. The lowest BCUT2D eigenvalue weighted by molar-refractivity contribution is -0.121. The summed E-state index contributed by atoms with van der Waals surface area (Å²) >= 11 is 1.43. The van der Waals surface area contributed by atoms with E-state index in [9.17, 15) is 13.2 Å². The number of hydrogen-bond acceptors (Lipinski definition) is 4. The van der Waals surface area contributed by atoms with Crippen molar-refractivity contribution in [1.29, 1.82) is 0 Å². The summed E-state index contributed by atoms with van der Waals surface area (Å²) in [5.41, 5.74) is 1.98. The molecule has 0 spiro atoms. The van der Waals surface area contributed by atoms with Crippen molar-refractivity contribution in [3.05, 3.63) is 58.9 Å². The molecule has 0 bridgehead atoms. The van der Waals surface area contributed by atoms with E-state index in [0.717, 1.165) is 15.8 Å². The molecule has 3 aromatic rings. The molecule has 1 amide bonds. The molecule has 0 unspecified atom stereocenters. The Morgan fingerprint density at radius 1 is 1.14 bits per heavy atom. The normalized spacial score (nSPS) is 18.8. The fourth-order valence-electron chi connectivity index (χ4n) is 3.48. The van der Waals surface area contributed by atoms with Crippen molar-refractivity contribution >= 4 is 37.5 Å². The predicted octanol–water partition coefficient (Wildman–Crippen LogP) is 2.83. The number of aromatic nitrogens is 1. The second kappa shape index (κ2) is 7.27. The number of aryl methyl sites for hydroxylation is 2. The molecule has 146 valence electrons. The van der Waals surface area contributed by atoms with E-state index in [1.165, 1.54) is 15.6 Å². The second-order valence-corrected chi connectivity index (χ2v) is 9.85. The van der Waals surface area contributed by atoms with Crippen molar-refractivity contribution in [3.8, 4) is 0 Å². The maximum Gasteiger partial charge on any atom is 0.266 e. The van der Waals surface area contributed by atoms with Crippen LogP contribution in [0, 0.1) is 6.92 Å². The number of para-hydroxylation sites is 1. The van der Waals surface area contributed by atoms with Crippen LogP contribution in [-0.4, -0.2) is 35.8 Å². The van der Waals surface area contributed by atoms with Gasteiger partial charge in [-0.3, -0.25) is 4.79 Å². The van der Waals surface area contributed by atoms with Crippen LogP contribution < -0.4 is 4.80 Å². The Morgan fingerprint density at radius 3 is 2.57 bits per heavy atom. The quantitative estimate of drug-likeness (QED) is 0.660. The number of benzene rings is 2. The maximum absolute atomic E-state index is 13.1. The van der Waals surface area contributed by atoms with Gasteiger partial charge in [-0.05, 0) is 44.0 Å². The van der Waals surface area contributed by atoms with Crippen molar-refractivity contribution in [2.75, 3.05) is 6.54 Å². The van der Waals surface area contributed by atoms with Crippen molar-refractivity contribution in [2.45, 2.75) is 30.7 Å². The molecular weight excluding hydrogens is 394 g/mol. The standard InChI is InChI=1S/C20H21N3O3S2/c1-14-9-11-15(12-10-14)28(25,26)23-13-5-7-17(23)19(24)21-20-22(2)16-6-3-4-8-18(16)27-20/h3-4,6,8-12,17H,5,7,13H2,1-2H3/t17-/m0/s1. The molecule has 1 aromatic heterocycles. The third-order valence-corrected chi connectivity index (χ3v) is 8.07. The van der Waals surface area contributed by atoms with Crippen LogP contribution in [-0.2, 0) is 21.9 Å². The van der Waals surface area contributed by atoms with E-state index in [2.05, 4.69) is 4.99 Å². The molecule has 8 heteroatoms. The summed E-state index contributed by atoms with van der Waals surface area (Å²) < 4.78 is 30.3. The van der Waals surface area contributed by atoms with Crippen LogP contribution in [0.2, 0.25) is 0 Å². The Morgan fingerprint density at radius 2 is 1.86 bits per heavy atom. The molecule has 1 aliphatic heterocycles. The third kappa shape index (κ3) is 3.32. The Labute approximate surface area is 167 Å². The Kier molecular flexibility index (Phi) is 4.95. The van der Waals surface area contributed by atoms with E-state index in [1.807, 2.05) is 42.8 Å². The molecule has 1 aliphatic rings. The lowest BCUT2D eigenvalue weighted by Gasteiger charge is -2.21. The van der Waals surface area contributed by atoms with Crippen LogP contribution in [0.1, 0.15) is 18.4 Å². The molecule has 0 N–H and O–H groups in total. The topological polar surface area (TPSA) is 71.7 Å². The van der Waals surface area contributed by atoms with E-state index in [1.54, 1.807) is 24.3 Å². The van der Waals surface area contributed by atoms with Gasteiger partial charge in [0.1, 0.15) is 6.04 Å². The lowest BCUT2D eigenvalue weighted by atomic mass is 10.2. The van der Waals surface area contributed by atoms with E-state index >= 15 is 0 Å². The average Bonchev–Trinajstić information content (AvgIpc) is 3.29. The number of hydrogen-bond donors (Lipinski definition) is 0. The van der Waals surface area contributed by atoms with Gasteiger partial charge in [-0.25, -0.2) is 8.42 Å². The predicted molar refractivity (Wildman–Crippen MR) is 109 cm³/mol. The molecule has 0 saturated carbocycles. The van der Waals surface area contributed by atoms with Gasteiger partial charge in [0.15, 0.2) is 4.80 Å². The summed E-state index contributed by atoms with van der Waals surface area (Å²) in [5.74, 6) is -0.407. The lowest BCUT2D eigenvalue weighted by Crippen LogP contribution is -2.40. The van der Waals surface area contributed by atoms with Crippen LogP contribution >= 0.6 is 11.3 Å². The van der Waals surface area contributed by atoms with Crippen molar-refractivity contribution in [1.82, 2.24) is 8.87 Å². The first-order chi connectivity index (χ1) is 13.4. The molecule has 2 aromatic carbocycles. The van der Waals surface area contributed by atoms with Gasteiger partial charge in [-0.2, -0.15) is 9.30 Å². The van der Waals surface area contributed by atoms with Crippen molar-refractivity contribution in [3.63, 3.8) is 0 Å². The van der Waals surface area contributed by atoms with Gasteiger partial charge >= 0.3 is 0 Å². The van der Waals surface area contributed by atoms with Gasteiger partial charge < -0.3 is 4.57 Å². The Hall–Kier alpha value is -2.29. The molecule has 1 fully saturated rings. The number of thiazole rings is 1. The Balaban J connectivity index is 1.68. The summed E-state index contributed by atoms with van der Waals surface area (Å²) in [7, 11) is -1.87. The summed E-state index contributed by atoms with van der Waals surface area (Å²) in [4.78, 5) is 18.0. The number of rotatable bonds is 3. The summed E-state index contributed by atoms with van der Waals surface area (Å²) in [6.45, 7) is 2.24. The van der Waals surface area contributed by atoms with Crippen LogP contribution in [0.25, 0.3) is 10.2 Å². The highest BCUT2D eigenvalue weighted by molar-refractivity contribution is 7.89. The largest absolute Gasteiger partial charge is 0.319 e. The minimum atomic E-state index is -3.73. The molecular formula is C20H21N3O3S2. The first-order valence-electron chi connectivity index (χ1n) is 9.09. The molecule has 1 atom stereocenters. The molecule has 6 nitrogen and oxygen atoms in total. The van der Waals surface area contributed by atoms with Crippen molar-refractivity contribution < 1.29 is 13.2 Å². The molecule has 0 radical (unpaired) electrons. The molecule has 4 rings (SSSR count). The SMILES string of the molecule is Cc1ccc(S(=O)(=O)N2CCC[C@H]2C(=O)N=c2sc3ccccc3n2C)cc1. The minimum Gasteiger partial charge on any atom is -0.319 e. The van der Waals surface area contributed by atoms with Crippen LogP contribution in [0.15, 0.2) is 58.4 Å². The van der Waals surface area contributed by atoms with Crippen LogP contribution in [0.5, 0.6) is 0 Å². The number of sulfonamides is 1. The second-order valence-electron chi connectivity index (χ2n) is 6.95. The van der Waals surface area contributed by atoms with Crippen LogP contribution in [0.3, 0.4) is 0 Å². The molecule has 28 heavy (non-hydrogen) atoms. The number of nitrogens with zero attached hydrogens (tertiary/aromatic N) is 3. The van der Waals surface area contributed by atoms with E-state index in [0.29, 0.717) is 24.2 Å². The van der Waals surface area contributed by atoms with Gasteiger partial charge in [0, 0.05) is 13.6 Å².